The first kappa shape index (κ1) is 12.5. The highest BCUT2D eigenvalue weighted by molar-refractivity contribution is 5.95. The van der Waals surface area contributed by atoms with Crippen molar-refractivity contribution in [2.24, 2.45) is 0 Å². The molecule has 0 bridgehead atoms. The molecule has 1 aliphatic rings. The number of H-pyrrole nitrogens is 1. The lowest BCUT2D eigenvalue weighted by atomic mass is 9.99. The molecule has 0 saturated carbocycles. The zero-order valence-electron chi connectivity index (χ0n) is 9.89. The fourth-order valence-corrected chi connectivity index (χ4v) is 1.71. The molecule has 1 amide bonds. The number of carbonyl (C=O) groups is 2. The van der Waals surface area contributed by atoms with Gasteiger partial charge in [0.05, 0.1) is 6.61 Å². The van der Waals surface area contributed by atoms with Gasteiger partial charge in [-0.05, 0) is 0 Å². The summed E-state index contributed by atoms with van der Waals surface area (Å²) >= 11 is 0. The van der Waals surface area contributed by atoms with E-state index in [-0.39, 0.29) is 18.9 Å². The molecule has 1 aromatic heterocycles. The number of aryl methyl sites for hydroxylation is 1. The van der Waals surface area contributed by atoms with Crippen LogP contribution in [0.25, 0.3) is 0 Å². The van der Waals surface area contributed by atoms with Crippen molar-refractivity contribution < 1.29 is 19.4 Å². The predicted octanol–water partition coefficient (Wildman–Crippen LogP) is -0.659. The third-order valence-electron chi connectivity index (χ3n) is 2.85. The second-order valence-electron chi connectivity index (χ2n) is 4.10. The maximum atomic E-state index is 11.9. The van der Waals surface area contributed by atoms with E-state index in [0.717, 1.165) is 0 Å². The molecular weight excluding hydrogens is 240 g/mol. The number of amides is 1. The van der Waals surface area contributed by atoms with Crippen LogP contribution < -0.4 is 5.32 Å². The molecule has 8 nitrogen and oxygen atoms in total. The van der Waals surface area contributed by atoms with Crippen LogP contribution in [-0.4, -0.2) is 50.9 Å². The van der Waals surface area contributed by atoms with Crippen LogP contribution in [0.15, 0.2) is 0 Å². The van der Waals surface area contributed by atoms with E-state index in [1.54, 1.807) is 0 Å². The Morgan fingerprint density at radius 2 is 2.39 bits per heavy atom. The Kier molecular flexibility index (Phi) is 3.28. The number of aliphatic carboxylic acids is 1. The first-order chi connectivity index (χ1) is 8.57. The summed E-state index contributed by atoms with van der Waals surface area (Å²) in [5.74, 6) is -1.20. The minimum atomic E-state index is -1.37. The molecule has 1 fully saturated rings. The third kappa shape index (κ3) is 2.19. The number of hydrogen-bond donors (Lipinski definition) is 3. The van der Waals surface area contributed by atoms with Crippen molar-refractivity contribution >= 4 is 11.9 Å². The topological polar surface area (TPSA) is 117 Å². The molecule has 0 aliphatic carbocycles. The Labute approximate surface area is 103 Å². The van der Waals surface area contributed by atoms with Crippen molar-refractivity contribution in [3.63, 3.8) is 0 Å². The highest BCUT2D eigenvalue weighted by Crippen LogP contribution is 2.19. The average Bonchev–Trinajstić information content (AvgIpc) is 2.97. The minimum absolute atomic E-state index is 0.0425. The van der Waals surface area contributed by atoms with Gasteiger partial charge in [-0.2, -0.15) is 0 Å². The smallest absolute Gasteiger partial charge is 0.331 e. The van der Waals surface area contributed by atoms with Crippen LogP contribution in [0.5, 0.6) is 0 Å². The molecule has 1 aliphatic heterocycles. The van der Waals surface area contributed by atoms with Gasteiger partial charge in [0.15, 0.2) is 5.54 Å². The Hall–Kier alpha value is -1.96. The van der Waals surface area contributed by atoms with E-state index < -0.39 is 17.4 Å². The zero-order chi connectivity index (χ0) is 13.2. The van der Waals surface area contributed by atoms with E-state index in [4.69, 9.17) is 9.84 Å². The summed E-state index contributed by atoms with van der Waals surface area (Å²) < 4.78 is 5.04. The van der Waals surface area contributed by atoms with E-state index in [0.29, 0.717) is 18.9 Å². The van der Waals surface area contributed by atoms with Gasteiger partial charge >= 0.3 is 5.97 Å². The van der Waals surface area contributed by atoms with Gasteiger partial charge < -0.3 is 15.2 Å². The molecule has 2 heterocycles. The van der Waals surface area contributed by atoms with Crippen molar-refractivity contribution in [1.29, 1.82) is 0 Å². The molecule has 0 radical (unpaired) electrons. The van der Waals surface area contributed by atoms with Crippen molar-refractivity contribution in [2.45, 2.75) is 25.3 Å². The van der Waals surface area contributed by atoms with E-state index in [2.05, 4.69) is 20.5 Å². The SMILES string of the molecule is CCc1nc(C(=O)NC2(C(=O)O)CCOC2)n[nH]1. The van der Waals surface area contributed by atoms with Crippen molar-refractivity contribution in [3.05, 3.63) is 11.6 Å². The Balaban J connectivity index is 2.12. The summed E-state index contributed by atoms with van der Waals surface area (Å²) in [6.07, 6.45) is 0.854. The van der Waals surface area contributed by atoms with Gasteiger partial charge in [-0.3, -0.25) is 9.89 Å². The zero-order valence-corrected chi connectivity index (χ0v) is 9.89. The fraction of sp³-hybridized carbons (Fsp3) is 0.600. The van der Waals surface area contributed by atoms with Crippen LogP contribution >= 0.6 is 0 Å². The molecule has 1 saturated heterocycles. The standard InChI is InChI=1S/C10H14N4O4/c1-2-6-11-7(14-13-6)8(15)12-10(9(16)17)3-4-18-5-10/h2-5H2,1H3,(H,12,15)(H,16,17)(H,11,13,14). The Morgan fingerprint density at radius 1 is 1.61 bits per heavy atom. The van der Waals surface area contributed by atoms with Crippen LogP contribution in [0.4, 0.5) is 0 Å². The summed E-state index contributed by atoms with van der Waals surface area (Å²) in [6, 6.07) is 0. The third-order valence-corrected chi connectivity index (χ3v) is 2.85. The quantitative estimate of drug-likeness (QED) is 0.656. The van der Waals surface area contributed by atoms with Gasteiger partial charge in [0.2, 0.25) is 5.82 Å². The number of aromatic amines is 1. The van der Waals surface area contributed by atoms with Crippen molar-refractivity contribution in [3.8, 4) is 0 Å². The number of carboxylic acids is 1. The lowest BCUT2D eigenvalue weighted by Crippen LogP contribution is -2.55. The number of ether oxygens (including phenoxy) is 1. The monoisotopic (exact) mass is 254 g/mol. The lowest BCUT2D eigenvalue weighted by Gasteiger charge is -2.22. The summed E-state index contributed by atoms with van der Waals surface area (Å²) in [7, 11) is 0. The molecule has 18 heavy (non-hydrogen) atoms. The van der Waals surface area contributed by atoms with E-state index in [9.17, 15) is 9.59 Å². The number of rotatable bonds is 4. The summed E-state index contributed by atoms with van der Waals surface area (Å²) in [5, 5.41) is 17.9. The largest absolute Gasteiger partial charge is 0.479 e. The lowest BCUT2D eigenvalue weighted by molar-refractivity contribution is -0.144. The molecule has 8 heteroatoms. The van der Waals surface area contributed by atoms with Crippen LogP contribution in [0.2, 0.25) is 0 Å². The molecule has 0 aromatic carbocycles. The first-order valence-electron chi connectivity index (χ1n) is 5.62. The van der Waals surface area contributed by atoms with Crippen LogP contribution in [0, 0.1) is 0 Å². The molecule has 2 rings (SSSR count). The summed E-state index contributed by atoms with van der Waals surface area (Å²) in [4.78, 5) is 27.0. The van der Waals surface area contributed by atoms with Gasteiger partial charge in [0.25, 0.3) is 5.91 Å². The van der Waals surface area contributed by atoms with Gasteiger partial charge in [-0.25, -0.2) is 9.78 Å². The molecule has 98 valence electrons. The second-order valence-corrected chi connectivity index (χ2v) is 4.10. The fourth-order valence-electron chi connectivity index (χ4n) is 1.71. The molecule has 1 aromatic rings. The van der Waals surface area contributed by atoms with Crippen molar-refractivity contribution in [2.75, 3.05) is 13.2 Å². The van der Waals surface area contributed by atoms with Gasteiger partial charge in [-0.15, -0.1) is 5.10 Å². The molecule has 0 spiro atoms. The molecule has 1 unspecified atom stereocenters. The number of nitrogens with one attached hydrogen (secondary N) is 2. The molecular formula is C10H14N4O4. The summed E-state index contributed by atoms with van der Waals surface area (Å²) in [6.45, 7) is 2.13. The molecule has 3 N–H and O–H groups in total. The number of carboxylic acid groups (broad SMARTS) is 1. The van der Waals surface area contributed by atoms with Gasteiger partial charge in [-0.1, -0.05) is 6.92 Å². The highest BCUT2D eigenvalue weighted by atomic mass is 16.5. The predicted molar refractivity (Wildman–Crippen MR) is 59.0 cm³/mol. The minimum Gasteiger partial charge on any atom is -0.479 e. The van der Waals surface area contributed by atoms with Crippen molar-refractivity contribution in [1.82, 2.24) is 20.5 Å². The van der Waals surface area contributed by atoms with Gasteiger partial charge in [0.1, 0.15) is 5.82 Å². The molecule has 1 atom stereocenters. The average molecular weight is 254 g/mol. The number of nitrogens with zero attached hydrogens (tertiary/aromatic N) is 2. The van der Waals surface area contributed by atoms with Crippen LogP contribution in [0.1, 0.15) is 29.8 Å². The maximum absolute atomic E-state index is 11.9. The highest BCUT2D eigenvalue weighted by Gasteiger charge is 2.44. The second kappa shape index (κ2) is 4.73. The number of hydrogen-bond acceptors (Lipinski definition) is 5. The number of carbonyl (C=O) groups excluding carboxylic acids is 1. The van der Waals surface area contributed by atoms with Crippen LogP contribution in [-0.2, 0) is 16.0 Å². The first-order valence-corrected chi connectivity index (χ1v) is 5.62. The van der Waals surface area contributed by atoms with E-state index in [1.807, 2.05) is 6.92 Å². The van der Waals surface area contributed by atoms with Crippen LogP contribution in [0.3, 0.4) is 0 Å². The number of aromatic nitrogens is 3. The van der Waals surface area contributed by atoms with Gasteiger partial charge in [0, 0.05) is 19.4 Å². The summed E-state index contributed by atoms with van der Waals surface area (Å²) in [5.41, 5.74) is -1.37. The van der Waals surface area contributed by atoms with E-state index >= 15 is 0 Å². The Morgan fingerprint density at radius 3 is 2.89 bits per heavy atom. The normalized spacial score (nSPS) is 22.9. The maximum Gasteiger partial charge on any atom is 0.331 e. The van der Waals surface area contributed by atoms with E-state index in [1.165, 1.54) is 0 Å². The Bertz CT molecular complexity index is 464.